The summed E-state index contributed by atoms with van der Waals surface area (Å²) in [6.45, 7) is 7.59. The number of halogens is 2. The van der Waals surface area contributed by atoms with Gasteiger partial charge in [-0.2, -0.15) is 4.31 Å². The van der Waals surface area contributed by atoms with Gasteiger partial charge in [0.05, 0.1) is 18.3 Å². The molecule has 0 N–H and O–H groups in total. The van der Waals surface area contributed by atoms with Crippen LogP contribution in [0.25, 0.3) is 0 Å². The molecule has 0 bridgehead atoms. The first kappa shape index (κ1) is 21.4. The van der Waals surface area contributed by atoms with Crippen LogP contribution in [0.15, 0.2) is 16.7 Å². The van der Waals surface area contributed by atoms with Gasteiger partial charge in [0.2, 0.25) is 10.0 Å². The Morgan fingerprint density at radius 1 is 1.35 bits per heavy atom. The van der Waals surface area contributed by atoms with Crippen molar-refractivity contribution in [1.82, 2.24) is 14.2 Å². The topological polar surface area (TPSA) is 79.8 Å². The van der Waals surface area contributed by atoms with Crippen molar-refractivity contribution in [2.24, 2.45) is 0 Å². The Morgan fingerprint density at radius 2 is 1.96 bits per heavy atom. The van der Waals surface area contributed by atoms with Crippen molar-refractivity contribution in [3.05, 3.63) is 27.5 Å². The molecule has 146 valence electrons. The number of sulfonamides is 1. The minimum atomic E-state index is -3.49. The zero-order valence-corrected chi connectivity index (χ0v) is 18.5. The zero-order valence-electron chi connectivity index (χ0n) is 15.4. The molecule has 1 fully saturated rings. The normalized spacial score (nSPS) is 22.3. The zero-order chi connectivity index (χ0) is 19.9. The Balaban J connectivity index is 2.44. The molecule has 7 nitrogen and oxygen atoms in total. The van der Waals surface area contributed by atoms with E-state index in [-0.39, 0.29) is 18.2 Å². The lowest BCUT2D eigenvalue weighted by molar-refractivity contribution is -0.00204. The van der Waals surface area contributed by atoms with Crippen LogP contribution in [0.2, 0.25) is 5.15 Å². The third kappa shape index (κ3) is 5.09. The number of hydrogen-bond acceptors (Lipinski definition) is 5. The van der Waals surface area contributed by atoms with Gasteiger partial charge in [-0.25, -0.2) is 18.2 Å². The van der Waals surface area contributed by atoms with E-state index in [0.29, 0.717) is 10.2 Å². The SMILES string of the molecule is C[C@H]1[C@H](c2cc(Cl)nc(Br)c2)N(S(C)(=O)=O)CCN1C(=O)OC(C)(C)C. The molecule has 1 aromatic heterocycles. The smallest absolute Gasteiger partial charge is 0.410 e. The highest BCUT2D eigenvalue weighted by Crippen LogP contribution is 2.35. The third-order valence-corrected chi connectivity index (χ3v) is 5.86. The summed E-state index contributed by atoms with van der Waals surface area (Å²) in [7, 11) is -3.49. The minimum absolute atomic E-state index is 0.171. The first-order chi connectivity index (χ1) is 11.8. The molecule has 0 unspecified atom stereocenters. The third-order valence-electron chi connectivity index (χ3n) is 4.00. The molecule has 0 spiro atoms. The quantitative estimate of drug-likeness (QED) is 0.621. The van der Waals surface area contributed by atoms with Crippen molar-refractivity contribution in [3.8, 4) is 0 Å². The van der Waals surface area contributed by atoms with Crippen LogP contribution in [0.3, 0.4) is 0 Å². The van der Waals surface area contributed by atoms with Crippen molar-refractivity contribution >= 4 is 43.6 Å². The number of nitrogens with zero attached hydrogens (tertiary/aromatic N) is 3. The maximum atomic E-state index is 12.6. The predicted molar refractivity (Wildman–Crippen MR) is 104 cm³/mol. The van der Waals surface area contributed by atoms with Crippen molar-refractivity contribution in [2.45, 2.75) is 45.4 Å². The number of piperazine rings is 1. The molecule has 26 heavy (non-hydrogen) atoms. The Labute approximate surface area is 167 Å². The number of carbonyl (C=O) groups is 1. The molecule has 1 saturated heterocycles. The van der Waals surface area contributed by atoms with Crippen LogP contribution in [0.4, 0.5) is 4.79 Å². The van der Waals surface area contributed by atoms with E-state index in [1.54, 1.807) is 44.7 Å². The fourth-order valence-electron chi connectivity index (χ4n) is 3.01. The molecule has 1 aromatic rings. The Kier molecular flexibility index (Phi) is 6.27. The molecule has 0 aliphatic carbocycles. The molecule has 0 saturated carbocycles. The van der Waals surface area contributed by atoms with Crippen molar-refractivity contribution < 1.29 is 17.9 Å². The first-order valence-corrected chi connectivity index (χ1v) is 11.1. The Hall–Kier alpha value is -0.900. The van der Waals surface area contributed by atoms with Gasteiger partial charge < -0.3 is 9.64 Å². The van der Waals surface area contributed by atoms with Gasteiger partial charge in [-0.05, 0) is 61.3 Å². The summed E-state index contributed by atoms with van der Waals surface area (Å²) < 4.78 is 32.0. The maximum Gasteiger partial charge on any atom is 0.410 e. The standard InChI is InChI=1S/C16H23BrClN3O4S/c1-10-14(11-8-12(17)19-13(18)9-11)21(26(5,23)24)7-6-20(10)15(22)25-16(2,3)4/h8-10,14H,6-7H2,1-5H3/t10-,14+/m0/s1. The van der Waals surface area contributed by atoms with Crippen molar-refractivity contribution in [1.29, 1.82) is 0 Å². The van der Waals surface area contributed by atoms with Crippen LogP contribution in [-0.4, -0.2) is 59.7 Å². The van der Waals surface area contributed by atoms with Gasteiger partial charge >= 0.3 is 6.09 Å². The van der Waals surface area contributed by atoms with Crippen LogP contribution in [-0.2, 0) is 14.8 Å². The molecule has 1 aliphatic rings. The Bertz CT molecular complexity index is 777. The van der Waals surface area contributed by atoms with Crippen LogP contribution in [0.5, 0.6) is 0 Å². The van der Waals surface area contributed by atoms with Crippen LogP contribution in [0.1, 0.15) is 39.3 Å². The number of rotatable bonds is 2. The summed E-state index contributed by atoms with van der Waals surface area (Å²) >= 11 is 9.34. The van der Waals surface area contributed by atoms with E-state index < -0.39 is 33.8 Å². The number of ether oxygens (including phenoxy) is 1. The largest absolute Gasteiger partial charge is 0.444 e. The highest BCUT2D eigenvalue weighted by Gasteiger charge is 2.42. The van der Waals surface area contributed by atoms with Crippen LogP contribution < -0.4 is 0 Å². The maximum absolute atomic E-state index is 12.6. The fourth-order valence-corrected chi connectivity index (χ4v) is 4.91. The summed E-state index contributed by atoms with van der Waals surface area (Å²) in [5, 5.41) is 0.240. The second kappa shape index (κ2) is 7.61. The molecule has 2 rings (SSSR count). The van der Waals surface area contributed by atoms with Gasteiger partial charge in [0.15, 0.2) is 0 Å². The summed E-state index contributed by atoms with van der Waals surface area (Å²) in [6.07, 6.45) is 0.690. The summed E-state index contributed by atoms with van der Waals surface area (Å²) in [6, 6.07) is 2.29. The Morgan fingerprint density at radius 3 is 2.46 bits per heavy atom. The van der Waals surface area contributed by atoms with E-state index in [1.807, 2.05) is 0 Å². The lowest BCUT2D eigenvalue weighted by Gasteiger charge is -2.45. The summed E-state index contributed by atoms with van der Waals surface area (Å²) in [5.74, 6) is 0. The molecular weight excluding hydrogens is 446 g/mol. The van der Waals surface area contributed by atoms with Gasteiger partial charge in [-0.1, -0.05) is 11.6 Å². The minimum Gasteiger partial charge on any atom is -0.444 e. The highest BCUT2D eigenvalue weighted by atomic mass is 79.9. The molecular formula is C16H23BrClN3O4S. The predicted octanol–water partition coefficient (Wildman–Crippen LogP) is 3.44. The van der Waals surface area contributed by atoms with Crippen molar-refractivity contribution in [3.63, 3.8) is 0 Å². The molecule has 2 atom stereocenters. The second-order valence-electron chi connectivity index (χ2n) is 7.28. The van der Waals surface area contributed by atoms with E-state index in [9.17, 15) is 13.2 Å². The van der Waals surface area contributed by atoms with Gasteiger partial charge in [-0.15, -0.1) is 0 Å². The lowest BCUT2D eigenvalue weighted by Crippen LogP contribution is -2.57. The monoisotopic (exact) mass is 467 g/mol. The molecule has 0 radical (unpaired) electrons. The van der Waals surface area contributed by atoms with Crippen molar-refractivity contribution in [2.75, 3.05) is 19.3 Å². The van der Waals surface area contributed by atoms with Gasteiger partial charge in [0, 0.05) is 13.1 Å². The molecule has 1 aliphatic heterocycles. The molecule has 2 heterocycles. The molecule has 0 aromatic carbocycles. The van der Waals surface area contributed by atoms with Gasteiger partial charge in [-0.3, -0.25) is 0 Å². The highest BCUT2D eigenvalue weighted by molar-refractivity contribution is 9.10. The number of hydrogen-bond donors (Lipinski definition) is 0. The van der Waals surface area contributed by atoms with Gasteiger partial charge in [0.25, 0.3) is 0 Å². The molecule has 1 amide bonds. The van der Waals surface area contributed by atoms with Gasteiger partial charge in [0.1, 0.15) is 15.4 Å². The number of pyridine rings is 1. The lowest BCUT2D eigenvalue weighted by atomic mass is 9.98. The average Bonchev–Trinajstić information content (AvgIpc) is 2.42. The average molecular weight is 469 g/mol. The number of aromatic nitrogens is 1. The second-order valence-corrected chi connectivity index (χ2v) is 10.4. The van der Waals surface area contributed by atoms with E-state index in [4.69, 9.17) is 16.3 Å². The number of amides is 1. The fraction of sp³-hybridized carbons (Fsp3) is 0.625. The van der Waals surface area contributed by atoms with E-state index >= 15 is 0 Å². The van der Waals surface area contributed by atoms with E-state index in [2.05, 4.69) is 20.9 Å². The first-order valence-electron chi connectivity index (χ1n) is 8.09. The summed E-state index contributed by atoms with van der Waals surface area (Å²) in [4.78, 5) is 18.2. The van der Waals surface area contributed by atoms with Crippen LogP contribution >= 0.6 is 27.5 Å². The molecule has 10 heteroatoms. The van der Waals surface area contributed by atoms with E-state index in [1.165, 1.54) is 4.31 Å². The number of carbonyl (C=O) groups excluding carboxylic acids is 1. The van der Waals surface area contributed by atoms with E-state index in [0.717, 1.165) is 6.26 Å². The van der Waals surface area contributed by atoms with Crippen LogP contribution in [0, 0.1) is 0 Å². The summed E-state index contributed by atoms with van der Waals surface area (Å²) in [5.41, 5.74) is 0.0200.